The van der Waals surface area contributed by atoms with Gasteiger partial charge in [0.25, 0.3) is 6.47 Å². The summed E-state index contributed by atoms with van der Waals surface area (Å²) in [7, 11) is 0. The molecule has 432 valence electrons. The molecule has 6 heterocycles. The lowest BCUT2D eigenvalue weighted by Gasteiger charge is -2.36. The Hall–Kier alpha value is -4.71. The van der Waals surface area contributed by atoms with Crippen LogP contribution in [-0.2, 0) is 41.6 Å². The van der Waals surface area contributed by atoms with Gasteiger partial charge in [-0.25, -0.2) is 10.4 Å². The molecule has 79 heavy (non-hydrogen) atoms. The van der Waals surface area contributed by atoms with Gasteiger partial charge in [-0.2, -0.15) is 0 Å². The Kier molecular flexibility index (Phi) is 20.8. The SMILES string of the molecule is C=CCCCC(C)C1C(C(=O)NC(CCCCNNC=O)C(c2nc(-c3ccc4c(c3)c(CC(C)(C)COC=O)c(-c3cc(N5CCN(C6CC6)CC5)cnc3C(C)CC)n4CCOC3CCOCC3)cs2)N2CCCC2)[C@@H]1C. The third-order valence-corrected chi connectivity index (χ3v) is 19.1. The Balaban J connectivity index is 1.11. The molecule has 3 aromatic heterocycles. The number of piperazine rings is 1. The third-order valence-electron chi connectivity index (χ3n) is 18.2. The minimum atomic E-state index is -0.400. The zero-order valence-corrected chi connectivity index (χ0v) is 49.3. The fourth-order valence-electron chi connectivity index (χ4n) is 13.4. The van der Waals surface area contributed by atoms with Crippen LogP contribution in [0.4, 0.5) is 5.69 Å². The lowest BCUT2D eigenvalue weighted by Crippen LogP contribution is -2.47. The van der Waals surface area contributed by atoms with Crippen molar-refractivity contribution < 1.29 is 28.6 Å². The lowest BCUT2D eigenvalue weighted by molar-refractivity contribution is -0.131. The Morgan fingerprint density at radius 2 is 1.78 bits per heavy atom. The molecule has 0 radical (unpaired) electrons. The van der Waals surface area contributed by atoms with Crippen LogP contribution in [0.5, 0.6) is 0 Å². The average molecular weight is 1100 g/mol. The molecule has 3 saturated heterocycles. The van der Waals surface area contributed by atoms with Crippen molar-refractivity contribution in [2.75, 3.05) is 77.1 Å². The van der Waals surface area contributed by atoms with E-state index in [1.165, 1.54) is 18.4 Å². The molecule has 5 aliphatic rings. The number of unbranched alkanes of at least 4 members (excludes halogenated alkanes) is 2. The molecule has 0 spiro atoms. The summed E-state index contributed by atoms with van der Waals surface area (Å²) in [6.07, 6.45) is 18.9. The van der Waals surface area contributed by atoms with Gasteiger partial charge >= 0.3 is 0 Å². The molecule has 3 N–H and O–H groups in total. The average Bonchev–Trinajstić information content (AvgIpc) is 4.42. The van der Waals surface area contributed by atoms with Crippen molar-refractivity contribution in [1.29, 1.82) is 0 Å². The predicted molar refractivity (Wildman–Crippen MR) is 317 cm³/mol. The van der Waals surface area contributed by atoms with E-state index in [-0.39, 0.29) is 42.5 Å². The number of fused-ring (bicyclic) bond motifs is 1. The van der Waals surface area contributed by atoms with Crippen LogP contribution in [0.15, 0.2) is 48.5 Å². The smallest absolute Gasteiger partial charge is 0.293 e. The standard InChI is InChI=1S/C63H93N9O6S/c1-8-10-11-16-44(4)56-45(5)57(56)61(75)67-53(17-12-13-24-65-66-41-73)60(71-25-14-15-26-71)62-68-54(39-79-62)46-18-21-55-50(35-46)52(37-63(6,7)40-77-42-74)59(72(55)31-34-78-49-22-32-76-33-23-49)51-36-48(38-64-58(51)43(3)9-2)70-29-27-69(28-30-70)47-19-20-47/h8,18,21,35-36,38-39,41-45,47,49,53,56-57,60,65H,1,9-17,19-20,22-34,37,40H2,2-7H3,(H,66,73)(H,67,75)/t43?,44?,45-,53?,56?,57?,60?/m1/s1. The van der Waals surface area contributed by atoms with E-state index < -0.39 is 5.41 Å². The molecule has 2 aliphatic carbocycles. The number of aromatic nitrogens is 3. The molecule has 1 aromatic carbocycles. The van der Waals surface area contributed by atoms with Crippen LogP contribution in [0.1, 0.15) is 153 Å². The van der Waals surface area contributed by atoms with Crippen molar-refractivity contribution in [2.45, 2.75) is 168 Å². The second-order valence-electron chi connectivity index (χ2n) is 24.5. The van der Waals surface area contributed by atoms with Gasteiger partial charge in [-0.3, -0.25) is 34.6 Å². The first-order valence-corrected chi connectivity index (χ1v) is 31.2. The molecular weight excluding hydrogens is 1010 g/mol. The molecule has 15 nitrogen and oxygen atoms in total. The van der Waals surface area contributed by atoms with Gasteiger partial charge in [-0.15, -0.1) is 17.9 Å². The van der Waals surface area contributed by atoms with Crippen molar-refractivity contribution in [3.8, 4) is 22.5 Å². The summed E-state index contributed by atoms with van der Waals surface area (Å²) in [6.45, 7) is 27.6. The summed E-state index contributed by atoms with van der Waals surface area (Å²) in [6, 6.07) is 9.85. The summed E-state index contributed by atoms with van der Waals surface area (Å²) < 4.78 is 20.5. The topological polar surface area (TPSA) is 155 Å². The molecule has 3 aliphatic heterocycles. The van der Waals surface area contributed by atoms with Gasteiger partial charge in [-0.05, 0) is 138 Å². The normalized spacial score (nSPS) is 21.9. The van der Waals surface area contributed by atoms with Crippen molar-refractivity contribution in [3.63, 3.8) is 0 Å². The highest BCUT2D eigenvalue weighted by Crippen LogP contribution is 2.52. The number of benzene rings is 1. The number of thiazole rings is 1. The van der Waals surface area contributed by atoms with Crippen molar-refractivity contribution >= 4 is 46.7 Å². The number of amides is 2. The second-order valence-corrected chi connectivity index (χ2v) is 25.4. The minimum absolute atomic E-state index is 0.00878. The van der Waals surface area contributed by atoms with E-state index in [4.69, 9.17) is 24.2 Å². The molecule has 5 fully saturated rings. The van der Waals surface area contributed by atoms with Gasteiger partial charge in [0.1, 0.15) is 5.01 Å². The number of ether oxygens (including phenoxy) is 3. The number of hydrogen-bond donors (Lipinski definition) is 3. The largest absolute Gasteiger partial charge is 0.467 e. The molecular formula is C63H93N9O6S. The molecule has 4 aromatic rings. The number of hydrogen-bond acceptors (Lipinski definition) is 13. The van der Waals surface area contributed by atoms with Gasteiger partial charge in [0, 0.05) is 97.3 Å². The first-order valence-electron chi connectivity index (χ1n) is 30.4. The lowest BCUT2D eigenvalue weighted by atomic mass is 9.83. The number of hydrazine groups is 1. The Morgan fingerprint density at radius 3 is 2.51 bits per heavy atom. The minimum Gasteiger partial charge on any atom is -0.467 e. The quantitative estimate of drug-likeness (QED) is 0.0184. The van der Waals surface area contributed by atoms with E-state index in [0.717, 1.165) is 179 Å². The van der Waals surface area contributed by atoms with Gasteiger partial charge in [0.05, 0.1) is 60.4 Å². The first-order chi connectivity index (χ1) is 38.4. The Bertz CT molecular complexity index is 2630. The number of nitrogens with one attached hydrogen (secondary N) is 3. The van der Waals surface area contributed by atoms with Crippen LogP contribution in [0, 0.1) is 29.1 Å². The van der Waals surface area contributed by atoms with E-state index in [9.17, 15) is 14.4 Å². The van der Waals surface area contributed by atoms with Gasteiger partial charge < -0.3 is 29.0 Å². The number of likely N-dealkylation sites (tertiary alicyclic amines) is 1. The fourth-order valence-corrected chi connectivity index (χ4v) is 14.5. The molecule has 2 amide bonds. The van der Waals surface area contributed by atoms with Crippen LogP contribution in [0.3, 0.4) is 0 Å². The van der Waals surface area contributed by atoms with E-state index >= 15 is 0 Å². The highest BCUT2D eigenvalue weighted by molar-refractivity contribution is 7.10. The maximum Gasteiger partial charge on any atom is 0.293 e. The van der Waals surface area contributed by atoms with Crippen LogP contribution >= 0.6 is 11.3 Å². The van der Waals surface area contributed by atoms with E-state index in [1.54, 1.807) is 11.3 Å². The number of pyridine rings is 1. The van der Waals surface area contributed by atoms with Crippen LogP contribution in [0.25, 0.3) is 33.4 Å². The molecule has 7 atom stereocenters. The Labute approximate surface area is 475 Å². The van der Waals surface area contributed by atoms with Crippen molar-refractivity contribution in [3.05, 3.63) is 64.8 Å². The number of anilines is 1. The number of nitrogens with zero attached hydrogens (tertiary/aromatic N) is 6. The Morgan fingerprint density at radius 1 is 1.00 bits per heavy atom. The summed E-state index contributed by atoms with van der Waals surface area (Å²) in [4.78, 5) is 56.1. The summed E-state index contributed by atoms with van der Waals surface area (Å²) in [5.41, 5.74) is 14.0. The molecule has 16 heteroatoms. The zero-order chi connectivity index (χ0) is 55.5. The molecule has 9 rings (SSSR count). The monoisotopic (exact) mass is 1100 g/mol. The van der Waals surface area contributed by atoms with E-state index in [1.807, 2.05) is 6.08 Å². The first kappa shape index (κ1) is 58.9. The number of carbonyl (C=O) groups is 3. The van der Waals surface area contributed by atoms with E-state index in [0.29, 0.717) is 56.8 Å². The third kappa shape index (κ3) is 14.7. The summed E-state index contributed by atoms with van der Waals surface area (Å²) >= 11 is 1.70. The number of carbonyl (C=O) groups excluding carboxylic acids is 3. The summed E-state index contributed by atoms with van der Waals surface area (Å²) in [5.74, 6) is 1.60. The van der Waals surface area contributed by atoms with Crippen molar-refractivity contribution in [2.24, 2.45) is 29.1 Å². The highest BCUT2D eigenvalue weighted by Gasteiger charge is 2.54. The van der Waals surface area contributed by atoms with Crippen LogP contribution < -0.4 is 21.1 Å². The molecule has 2 saturated carbocycles. The second kappa shape index (κ2) is 27.8. The number of rotatable bonds is 32. The van der Waals surface area contributed by atoms with Gasteiger partial charge in [0.2, 0.25) is 12.3 Å². The predicted octanol–water partition coefficient (Wildman–Crippen LogP) is 10.5. The van der Waals surface area contributed by atoms with Crippen LogP contribution in [0.2, 0.25) is 0 Å². The fraction of sp³-hybridized carbons (Fsp3) is 0.667. The highest BCUT2D eigenvalue weighted by atomic mass is 32.1. The van der Waals surface area contributed by atoms with Crippen molar-refractivity contribution in [1.82, 2.24) is 40.5 Å². The summed E-state index contributed by atoms with van der Waals surface area (Å²) in [5, 5.41) is 8.08. The molecule has 0 bridgehead atoms. The maximum absolute atomic E-state index is 14.6. The molecule has 6 unspecified atom stereocenters. The maximum atomic E-state index is 14.6. The zero-order valence-electron chi connectivity index (χ0n) is 48.5. The number of allylic oxidation sites excluding steroid dienone is 1. The van der Waals surface area contributed by atoms with Gasteiger partial charge in [0.15, 0.2) is 0 Å². The van der Waals surface area contributed by atoms with Crippen LogP contribution in [-0.4, -0.2) is 134 Å². The van der Waals surface area contributed by atoms with Gasteiger partial charge in [-0.1, -0.05) is 66.5 Å². The van der Waals surface area contributed by atoms with E-state index in [2.05, 4.69) is 119 Å².